The van der Waals surface area contributed by atoms with Crippen LogP contribution in [0.3, 0.4) is 0 Å². The number of rotatable bonds is 3. The second-order valence-electron chi connectivity index (χ2n) is 2.20. The van der Waals surface area contributed by atoms with Crippen molar-refractivity contribution in [3.05, 3.63) is 0 Å². The summed E-state index contributed by atoms with van der Waals surface area (Å²) in [5.41, 5.74) is 0. The zero-order chi connectivity index (χ0) is 9.99. The summed E-state index contributed by atoms with van der Waals surface area (Å²) < 4.78 is -1.48. The SMILES string of the molecule is O[P+](O)(O)C(Cl)CCC(Cl)(Cl)Cl. The predicted octanol–water partition coefficient (Wildman–Crippen LogP) is 2.44. The summed E-state index contributed by atoms with van der Waals surface area (Å²) in [6.45, 7) is 0. The summed E-state index contributed by atoms with van der Waals surface area (Å²) in [5.74, 6) is 0. The number of hydrogen-bond acceptors (Lipinski definition) is 3. The van der Waals surface area contributed by atoms with Gasteiger partial charge in [0.1, 0.15) is 0 Å². The molecular weight excluding hydrogens is 269 g/mol. The summed E-state index contributed by atoms with van der Waals surface area (Å²) in [4.78, 5) is 25.9. The summed E-state index contributed by atoms with van der Waals surface area (Å²) in [7, 11) is -4.00. The molecule has 0 amide bonds. The fourth-order valence-corrected chi connectivity index (χ4v) is 1.37. The van der Waals surface area contributed by atoms with Gasteiger partial charge in [0.15, 0.2) is 3.79 Å². The van der Waals surface area contributed by atoms with Gasteiger partial charge in [-0.05, 0) is 6.42 Å². The fraction of sp³-hybridized carbons (Fsp3) is 1.00. The van der Waals surface area contributed by atoms with Crippen LogP contribution in [0.4, 0.5) is 0 Å². The van der Waals surface area contributed by atoms with Gasteiger partial charge >= 0.3 is 7.94 Å². The van der Waals surface area contributed by atoms with Gasteiger partial charge in [-0.1, -0.05) is 46.4 Å². The van der Waals surface area contributed by atoms with Crippen LogP contribution in [0.2, 0.25) is 0 Å². The minimum Gasteiger partial charge on any atom is -0.192 e. The molecule has 0 aromatic carbocycles. The van der Waals surface area contributed by atoms with Crippen LogP contribution in [-0.2, 0) is 0 Å². The van der Waals surface area contributed by atoms with Crippen molar-refractivity contribution in [1.29, 1.82) is 0 Å². The zero-order valence-electron chi connectivity index (χ0n) is 5.79. The maximum Gasteiger partial charge on any atom is 0.422 e. The minimum absolute atomic E-state index is 0.0231. The maximum atomic E-state index is 8.64. The molecule has 0 aliphatic rings. The number of hydrogen-bond donors (Lipinski definition) is 3. The van der Waals surface area contributed by atoms with Gasteiger partial charge in [-0.15, -0.1) is 0 Å². The molecule has 0 spiro atoms. The van der Waals surface area contributed by atoms with E-state index in [4.69, 9.17) is 61.1 Å². The van der Waals surface area contributed by atoms with E-state index in [1.165, 1.54) is 0 Å². The molecular formula is C4H8Cl4O3P+. The van der Waals surface area contributed by atoms with Crippen LogP contribution >= 0.6 is 54.3 Å². The third kappa shape index (κ3) is 6.93. The number of alkyl halides is 4. The summed E-state index contributed by atoms with van der Waals surface area (Å²) in [5, 5.41) is -1.17. The molecule has 0 saturated heterocycles. The Morgan fingerprint density at radius 3 is 1.83 bits per heavy atom. The Balaban J connectivity index is 3.80. The molecule has 0 saturated carbocycles. The van der Waals surface area contributed by atoms with Crippen LogP contribution in [0.15, 0.2) is 0 Å². The van der Waals surface area contributed by atoms with Gasteiger partial charge in [-0.25, -0.2) is 0 Å². The lowest BCUT2D eigenvalue weighted by atomic mass is 10.4. The predicted molar refractivity (Wildman–Crippen MR) is 52.7 cm³/mol. The van der Waals surface area contributed by atoms with Crippen molar-refractivity contribution in [3.8, 4) is 0 Å². The van der Waals surface area contributed by atoms with Crippen molar-refractivity contribution in [3.63, 3.8) is 0 Å². The summed E-state index contributed by atoms with van der Waals surface area (Å²) >= 11 is 21.5. The second kappa shape index (κ2) is 4.81. The van der Waals surface area contributed by atoms with Crippen molar-refractivity contribution >= 4 is 54.3 Å². The Morgan fingerprint density at radius 2 is 1.58 bits per heavy atom. The van der Waals surface area contributed by atoms with E-state index >= 15 is 0 Å². The molecule has 74 valence electrons. The molecule has 0 aromatic rings. The van der Waals surface area contributed by atoms with Crippen molar-refractivity contribution in [2.75, 3.05) is 0 Å². The first-order valence-corrected chi connectivity index (χ1v) is 6.19. The lowest BCUT2D eigenvalue weighted by molar-refractivity contribution is 0.323. The quantitative estimate of drug-likeness (QED) is 0.548. The van der Waals surface area contributed by atoms with E-state index in [0.717, 1.165) is 0 Å². The van der Waals surface area contributed by atoms with E-state index in [1.54, 1.807) is 0 Å². The van der Waals surface area contributed by atoms with Gasteiger partial charge in [0.05, 0.1) is 0 Å². The summed E-state index contributed by atoms with van der Waals surface area (Å²) in [6.07, 6.45) is 0.0740. The Labute approximate surface area is 90.8 Å². The second-order valence-corrected chi connectivity index (χ2v) is 7.40. The number of halogens is 4. The Bertz CT molecular complexity index is 142. The highest BCUT2D eigenvalue weighted by Crippen LogP contribution is 2.54. The molecule has 0 radical (unpaired) electrons. The van der Waals surface area contributed by atoms with Crippen LogP contribution in [0.25, 0.3) is 0 Å². The van der Waals surface area contributed by atoms with Crippen LogP contribution in [-0.4, -0.2) is 23.6 Å². The topological polar surface area (TPSA) is 60.7 Å². The highest BCUT2D eigenvalue weighted by Gasteiger charge is 2.42. The largest absolute Gasteiger partial charge is 0.422 e. The normalized spacial score (nSPS) is 16.2. The summed E-state index contributed by atoms with van der Waals surface area (Å²) in [6, 6.07) is 0. The molecule has 0 heterocycles. The van der Waals surface area contributed by atoms with Crippen molar-refractivity contribution in [1.82, 2.24) is 0 Å². The molecule has 3 N–H and O–H groups in total. The maximum absolute atomic E-state index is 8.64. The van der Waals surface area contributed by atoms with Crippen molar-refractivity contribution < 1.29 is 14.7 Å². The molecule has 3 nitrogen and oxygen atoms in total. The molecule has 0 fully saturated rings. The molecule has 1 atom stereocenters. The Morgan fingerprint density at radius 1 is 1.17 bits per heavy atom. The van der Waals surface area contributed by atoms with Gasteiger partial charge in [-0.2, -0.15) is 14.7 Å². The first-order valence-electron chi connectivity index (χ1n) is 2.91. The van der Waals surface area contributed by atoms with E-state index in [-0.39, 0.29) is 12.8 Å². The smallest absolute Gasteiger partial charge is 0.192 e. The van der Waals surface area contributed by atoms with Crippen LogP contribution < -0.4 is 0 Å². The highest BCUT2D eigenvalue weighted by atomic mass is 35.6. The van der Waals surface area contributed by atoms with Crippen molar-refractivity contribution in [2.45, 2.75) is 21.8 Å². The van der Waals surface area contributed by atoms with Gasteiger partial charge in [0, 0.05) is 6.42 Å². The molecule has 0 aliphatic carbocycles. The average molecular weight is 277 g/mol. The lowest BCUT2D eigenvalue weighted by Gasteiger charge is -2.13. The van der Waals surface area contributed by atoms with E-state index in [9.17, 15) is 0 Å². The molecule has 0 aromatic heterocycles. The third-order valence-corrected chi connectivity index (χ3v) is 3.62. The van der Waals surface area contributed by atoms with Gasteiger partial charge in [0.25, 0.3) is 0 Å². The molecule has 0 aliphatic heterocycles. The zero-order valence-corrected chi connectivity index (χ0v) is 9.71. The molecule has 0 rings (SSSR count). The van der Waals surface area contributed by atoms with Crippen LogP contribution in [0.5, 0.6) is 0 Å². The van der Waals surface area contributed by atoms with E-state index < -0.39 is 16.9 Å². The average Bonchev–Trinajstić information content (AvgIpc) is 1.78. The fourth-order valence-electron chi connectivity index (χ4n) is 0.456. The van der Waals surface area contributed by atoms with E-state index in [0.29, 0.717) is 0 Å². The molecule has 1 unspecified atom stereocenters. The molecule has 12 heavy (non-hydrogen) atoms. The van der Waals surface area contributed by atoms with Crippen LogP contribution in [0.1, 0.15) is 12.8 Å². The molecule has 8 heteroatoms. The van der Waals surface area contributed by atoms with Gasteiger partial charge in [-0.3, -0.25) is 0 Å². The van der Waals surface area contributed by atoms with Crippen molar-refractivity contribution in [2.24, 2.45) is 0 Å². The highest BCUT2D eigenvalue weighted by molar-refractivity contribution is 7.61. The van der Waals surface area contributed by atoms with Gasteiger partial charge in [0.2, 0.25) is 5.12 Å². The Hall–Kier alpha value is 1.47. The first kappa shape index (κ1) is 13.5. The van der Waals surface area contributed by atoms with E-state index in [1.807, 2.05) is 0 Å². The van der Waals surface area contributed by atoms with Gasteiger partial charge < -0.3 is 0 Å². The Kier molecular flexibility index (Phi) is 5.40. The standard InChI is InChI=1S/C4H8Cl4O3P/c5-3(12(9,10)11)1-2-4(6,7)8/h3,9-11H,1-2H2/q+1. The van der Waals surface area contributed by atoms with E-state index in [2.05, 4.69) is 0 Å². The lowest BCUT2D eigenvalue weighted by Crippen LogP contribution is -2.10. The molecule has 0 bridgehead atoms. The monoisotopic (exact) mass is 275 g/mol. The third-order valence-electron chi connectivity index (χ3n) is 1.04. The minimum atomic E-state index is -4.00. The van der Waals surface area contributed by atoms with Crippen LogP contribution in [0, 0.1) is 0 Å². The first-order chi connectivity index (χ1) is 5.13.